The molecule has 1 amide bonds. The molecule has 0 radical (unpaired) electrons. The SMILES string of the molecule is CCc1c(O)cc(O)c(-c2ccccc2)c1CCOC(C)C(N)=O. The van der Waals surface area contributed by atoms with Crippen LogP contribution in [0.2, 0.25) is 0 Å². The number of benzene rings is 2. The third kappa shape index (κ3) is 3.86. The summed E-state index contributed by atoms with van der Waals surface area (Å²) in [6.45, 7) is 3.80. The van der Waals surface area contributed by atoms with E-state index >= 15 is 0 Å². The molecule has 0 aliphatic heterocycles. The molecule has 1 atom stereocenters. The molecule has 1 unspecified atom stereocenters. The van der Waals surface area contributed by atoms with E-state index in [2.05, 4.69) is 0 Å². The molecule has 2 rings (SSSR count). The highest BCUT2D eigenvalue weighted by atomic mass is 16.5. The number of ether oxygens (including phenoxy) is 1. The van der Waals surface area contributed by atoms with Crippen molar-refractivity contribution in [2.75, 3.05) is 6.61 Å². The fraction of sp³-hybridized carbons (Fsp3) is 0.316. The average molecular weight is 329 g/mol. The van der Waals surface area contributed by atoms with Crippen LogP contribution in [0, 0.1) is 0 Å². The Balaban J connectivity index is 2.41. The maximum absolute atomic E-state index is 11.1. The van der Waals surface area contributed by atoms with Gasteiger partial charge < -0.3 is 20.7 Å². The van der Waals surface area contributed by atoms with Gasteiger partial charge in [0.15, 0.2) is 0 Å². The Morgan fingerprint density at radius 3 is 2.42 bits per heavy atom. The predicted octanol–water partition coefficient (Wildman–Crippen LogP) is 2.76. The van der Waals surface area contributed by atoms with Crippen molar-refractivity contribution in [3.05, 3.63) is 47.5 Å². The van der Waals surface area contributed by atoms with Gasteiger partial charge >= 0.3 is 0 Å². The highest BCUT2D eigenvalue weighted by Crippen LogP contribution is 2.39. The number of amides is 1. The van der Waals surface area contributed by atoms with Crippen LogP contribution >= 0.6 is 0 Å². The lowest BCUT2D eigenvalue weighted by Crippen LogP contribution is -2.28. The van der Waals surface area contributed by atoms with Crippen molar-refractivity contribution in [1.29, 1.82) is 0 Å². The lowest BCUT2D eigenvalue weighted by molar-refractivity contribution is -0.128. The van der Waals surface area contributed by atoms with Gasteiger partial charge in [-0.2, -0.15) is 0 Å². The first kappa shape index (κ1) is 17.8. The molecule has 0 spiro atoms. The molecule has 0 saturated carbocycles. The molecule has 0 aliphatic rings. The number of aromatic hydroxyl groups is 2. The van der Waals surface area contributed by atoms with Crippen molar-refractivity contribution in [3.63, 3.8) is 0 Å². The van der Waals surface area contributed by atoms with E-state index in [1.54, 1.807) is 6.92 Å². The molecule has 0 saturated heterocycles. The van der Waals surface area contributed by atoms with Crippen LogP contribution in [0.4, 0.5) is 0 Å². The molecule has 0 fully saturated rings. The topological polar surface area (TPSA) is 92.8 Å². The minimum absolute atomic E-state index is 0.0221. The number of nitrogens with two attached hydrogens (primary N) is 1. The molecule has 5 heteroatoms. The number of phenolic OH excluding ortho intramolecular Hbond substituents is 2. The van der Waals surface area contributed by atoms with E-state index in [4.69, 9.17) is 10.5 Å². The Morgan fingerprint density at radius 2 is 1.83 bits per heavy atom. The van der Waals surface area contributed by atoms with E-state index in [1.165, 1.54) is 6.07 Å². The summed E-state index contributed by atoms with van der Waals surface area (Å²) in [4.78, 5) is 11.1. The molecule has 2 aromatic carbocycles. The van der Waals surface area contributed by atoms with Gasteiger partial charge in [0.25, 0.3) is 0 Å². The van der Waals surface area contributed by atoms with Crippen molar-refractivity contribution in [2.24, 2.45) is 5.73 Å². The van der Waals surface area contributed by atoms with Crippen molar-refractivity contribution in [3.8, 4) is 22.6 Å². The van der Waals surface area contributed by atoms with Crippen LogP contribution < -0.4 is 5.73 Å². The Hall–Kier alpha value is -2.53. The lowest BCUT2D eigenvalue weighted by atomic mass is 9.90. The molecule has 0 bridgehead atoms. The van der Waals surface area contributed by atoms with Crippen molar-refractivity contribution >= 4 is 5.91 Å². The first-order valence-corrected chi connectivity index (χ1v) is 7.98. The summed E-state index contributed by atoms with van der Waals surface area (Å²) in [5.74, 6) is -0.436. The number of carbonyl (C=O) groups excluding carboxylic acids is 1. The molecule has 0 heterocycles. The van der Waals surface area contributed by atoms with Gasteiger partial charge in [-0.15, -0.1) is 0 Å². The minimum atomic E-state index is -0.679. The largest absolute Gasteiger partial charge is 0.508 e. The van der Waals surface area contributed by atoms with E-state index in [-0.39, 0.29) is 18.1 Å². The normalized spacial score (nSPS) is 12.1. The summed E-state index contributed by atoms with van der Waals surface area (Å²) >= 11 is 0. The zero-order valence-electron chi connectivity index (χ0n) is 14.0. The fourth-order valence-electron chi connectivity index (χ4n) is 2.77. The Bertz CT molecular complexity index is 713. The van der Waals surface area contributed by atoms with Gasteiger partial charge in [0.05, 0.1) is 6.61 Å². The van der Waals surface area contributed by atoms with Crippen LogP contribution in [-0.4, -0.2) is 28.8 Å². The van der Waals surface area contributed by atoms with Crippen molar-refractivity contribution in [2.45, 2.75) is 32.8 Å². The van der Waals surface area contributed by atoms with Crippen LogP contribution in [0.25, 0.3) is 11.1 Å². The molecular formula is C19H23NO4. The Kier molecular flexibility index (Phi) is 5.82. The highest BCUT2D eigenvalue weighted by Gasteiger charge is 2.18. The zero-order valence-corrected chi connectivity index (χ0v) is 14.0. The third-order valence-corrected chi connectivity index (χ3v) is 4.04. The van der Waals surface area contributed by atoms with Gasteiger partial charge in [0.2, 0.25) is 5.91 Å². The highest BCUT2D eigenvalue weighted by molar-refractivity contribution is 5.78. The fourth-order valence-corrected chi connectivity index (χ4v) is 2.77. The van der Waals surface area contributed by atoms with Gasteiger partial charge in [0, 0.05) is 11.6 Å². The minimum Gasteiger partial charge on any atom is -0.508 e. The van der Waals surface area contributed by atoms with Crippen LogP contribution in [0.1, 0.15) is 25.0 Å². The molecular weight excluding hydrogens is 306 g/mol. The number of primary amides is 1. The smallest absolute Gasteiger partial charge is 0.246 e. The second kappa shape index (κ2) is 7.84. The van der Waals surface area contributed by atoms with Gasteiger partial charge in [-0.3, -0.25) is 4.79 Å². The predicted molar refractivity (Wildman–Crippen MR) is 92.9 cm³/mol. The lowest BCUT2D eigenvalue weighted by Gasteiger charge is -2.18. The van der Waals surface area contributed by atoms with Crippen LogP contribution in [-0.2, 0) is 22.4 Å². The number of carbonyl (C=O) groups is 1. The second-order valence-electron chi connectivity index (χ2n) is 5.63. The van der Waals surface area contributed by atoms with Crippen LogP contribution in [0.15, 0.2) is 36.4 Å². The Labute approximate surface area is 141 Å². The zero-order chi connectivity index (χ0) is 17.7. The second-order valence-corrected chi connectivity index (χ2v) is 5.63. The van der Waals surface area contributed by atoms with Crippen LogP contribution in [0.5, 0.6) is 11.5 Å². The van der Waals surface area contributed by atoms with E-state index in [0.717, 1.165) is 16.7 Å². The molecule has 0 aromatic heterocycles. The summed E-state index contributed by atoms with van der Waals surface area (Å²) in [6, 6.07) is 10.9. The number of hydrogen-bond donors (Lipinski definition) is 3. The quantitative estimate of drug-likeness (QED) is 0.728. The molecule has 128 valence electrons. The van der Waals surface area contributed by atoms with Crippen molar-refractivity contribution < 1.29 is 19.7 Å². The summed E-state index contributed by atoms with van der Waals surface area (Å²) in [5, 5.41) is 20.5. The van der Waals surface area contributed by atoms with Crippen LogP contribution in [0.3, 0.4) is 0 Å². The maximum Gasteiger partial charge on any atom is 0.246 e. The van der Waals surface area contributed by atoms with Crippen molar-refractivity contribution in [1.82, 2.24) is 0 Å². The standard InChI is InChI=1S/C19H23NO4/c1-3-14-15(9-10-24-12(2)19(20)23)18(17(22)11-16(14)21)13-7-5-4-6-8-13/h4-8,11-12,21-22H,3,9-10H2,1-2H3,(H2,20,23). The van der Waals surface area contributed by atoms with E-state index in [9.17, 15) is 15.0 Å². The van der Waals surface area contributed by atoms with E-state index in [0.29, 0.717) is 18.4 Å². The number of hydrogen-bond acceptors (Lipinski definition) is 4. The van der Waals surface area contributed by atoms with Gasteiger partial charge in [-0.1, -0.05) is 37.3 Å². The summed E-state index contributed by atoms with van der Waals surface area (Å²) in [7, 11) is 0. The summed E-state index contributed by atoms with van der Waals surface area (Å²) in [5.41, 5.74) is 8.32. The molecule has 4 N–H and O–H groups in total. The summed E-state index contributed by atoms with van der Waals surface area (Å²) in [6.07, 6.45) is 0.390. The Morgan fingerprint density at radius 1 is 1.17 bits per heavy atom. The van der Waals surface area contributed by atoms with Gasteiger partial charge in [-0.25, -0.2) is 0 Å². The summed E-state index contributed by atoms with van der Waals surface area (Å²) < 4.78 is 5.44. The van der Waals surface area contributed by atoms with E-state index in [1.807, 2.05) is 37.3 Å². The third-order valence-electron chi connectivity index (χ3n) is 4.04. The maximum atomic E-state index is 11.1. The monoisotopic (exact) mass is 329 g/mol. The molecule has 24 heavy (non-hydrogen) atoms. The first-order chi connectivity index (χ1) is 11.5. The molecule has 5 nitrogen and oxygen atoms in total. The van der Waals surface area contributed by atoms with Gasteiger partial charge in [-0.05, 0) is 36.5 Å². The molecule has 0 aliphatic carbocycles. The van der Waals surface area contributed by atoms with Gasteiger partial charge in [0.1, 0.15) is 17.6 Å². The average Bonchev–Trinajstić information content (AvgIpc) is 2.55. The number of rotatable bonds is 7. The molecule has 2 aromatic rings. The van der Waals surface area contributed by atoms with E-state index < -0.39 is 12.0 Å². The first-order valence-electron chi connectivity index (χ1n) is 7.98. The number of phenols is 2.